The van der Waals surface area contributed by atoms with Crippen LogP contribution >= 0.6 is 0 Å². The predicted molar refractivity (Wildman–Crippen MR) is 50.7 cm³/mol. The van der Waals surface area contributed by atoms with Gasteiger partial charge in [0.05, 0.1) is 5.84 Å². The van der Waals surface area contributed by atoms with Gasteiger partial charge in [-0.2, -0.15) is 0 Å². The molecule has 0 aromatic carbocycles. The zero-order chi connectivity index (χ0) is 9.68. The Balaban J connectivity index is 2.13. The van der Waals surface area contributed by atoms with Crippen LogP contribution in [0.15, 0.2) is 0 Å². The summed E-state index contributed by atoms with van der Waals surface area (Å²) in [5.74, 6) is 0.113. The molecule has 5 nitrogen and oxygen atoms in total. The highest BCUT2D eigenvalue weighted by Gasteiger charge is 2.16. The molecule has 74 valence electrons. The number of nitrogens with zero attached hydrogens (tertiary/aromatic N) is 1. The molecule has 0 atom stereocenters. The van der Waals surface area contributed by atoms with E-state index in [1.54, 1.807) is 4.90 Å². The Morgan fingerprint density at radius 1 is 1.46 bits per heavy atom. The number of carbonyl (C=O) groups excluding carboxylic acids is 1. The van der Waals surface area contributed by atoms with Crippen LogP contribution in [-0.4, -0.2) is 36.4 Å². The summed E-state index contributed by atoms with van der Waals surface area (Å²) in [6.07, 6.45) is 2.62. The van der Waals surface area contributed by atoms with E-state index in [4.69, 9.17) is 11.1 Å². The van der Waals surface area contributed by atoms with Crippen LogP contribution in [0, 0.1) is 5.41 Å². The van der Waals surface area contributed by atoms with Gasteiger partial charge in [0.15, 0.2) is 0 Å². The lowest BCUT2D eigenvalue weighted by molar-refractivity contribution is 0.209. The van der Waals surface area contributed by atoms with E-state index in [9.17, 15) is 4.79 Å². The molecule has 4 N–H and O–H groups in total. The van der Waals surface area contributed by atoms with Gasteiger partial charge < -0.3 is 16.0 Å². The number of nitrogens with one attached hydrogen (secondary N) is 2. The minimum absolute atomic E-state index is 0.0289. The fourth-order valence-corrected chi connectivity index (χ4v) is 1.34. The van der Waals surface area contributed by atoms with Crippen LogP contribution in [0.3, 0.4) is 0 Å². The minimum Gasteiger partial charge on any atom is -0.388 e. The summed E-state index contributed by atoms with van der Waals surface area (Å²) < 4.78 is 0. The van der Waals surface area contributed by atoms with Gasteiger partial charge in [0.25, 0.3) is 0 Å². The molecule has 0 aromatic heterocycles. The molecule has 0 aliphatic carbocycles. The predicted octanol–water partition coefficient (Wildman–Crippen LogP) is 0.118. The fraction of sp³-hybridized carbons (Fsp3) is 0.750. The molecule has 1 heterocycles. The van der Waals surface area contributed by atoms with Crippen molar-refractivity contribution < 1.29 is 4.79 Å². The molecule has 0 bridgehead atoms. The number of urea groups is 1. The van der Waals surface area contributed by atoms with E-state index in [1.165, 1.54) is 0 Å². The summed E-state index contributed by atoms with van der Waals surface area (Å²) in [6.45, 7) is 2.17. The average molecular weight is 184 g/mol. The average Bonchev–Trinajstić information content (AvgIpc) is 2.55. The SMILES string of the molecule is N=C(N)CCNC(=O)N1CCCC1. The molecule has 1 fully saturated rings. The van der Waals surface area contributed by atoms with Crippen molar-refractivity contribution in [1.82, 2.24) is 10.2 Å². The first-order valence-electron chi connectivity index (χ1n) is 4.56. The van der Waals surface area contributed by atoms with E-state index < -0.39 is 0 Å². The normalized spacial score (nSPS) is 15.8. The minimum atomic E-state index is -0.0289. The highest BCUT2D eigenvalue weighted by Crippen LogP contribution is 2.06. The summed E-state index contributed by atoms with van der Waals surface area (Å²) in [6, 6.07) is -0.0289. The van der Waals surface area contributed by atoms with Crippen LogP contribution in [0.25, 0.3) is 0 Å². The van der Waals surface area contributed by atoms with Gasteiger partial charge in [0.1, 0.15) is 0 Å². The molecule has 5 heteroatoms. The number of nitrogens with two attached hydrogens (primary N) is 1. The van der Waals surface area contributed by atoms with E-state index in [2.05, 4.69) is 5.32 Å². The standard InChI is InChI=1S/C8H16N4O/c9-7(10)3-4-11-8(13)12-5-1-2-6-12/h1-6H2,(H3,9,10)(H,11,13). The Labute approximate surface area is 77.8 Å². The largest absolute Gasteiger partial charge is 0.388 e. The molecule has 0 saturated carbocycles. The summed E-state index contributed by atoms with van der Waals surface area (Å²) in [5.41, 5.74) is 5.15. The van der Waals surface area contributed by atoms with Crippen molar-refractivity contribution in [3.05, 3.63) is 0 Å². The monoisotopic (exact) mass is 184 g/mol. The van der Waals surface area contributed by atoms with Crippen molar-refractivity contribution in [2.45, 2.75) is 19.3 Å². The van der Waals surface area contributed by atoms with E-state index in [0.29, 0.717) is 13.0 Å². The van der Waals surface area contributed by atoms with Gasteiger partial charge in [0, 0.05) is 26.1 Å². The summed E-state index contributed by atoms with van der Waals surface area (Å²) in [7, 11) is 0. The number of likely N-dealkylation sites (tertiary alicyclic amines) is 1. The van der Waals surface area contributed by atoms with Crippen LogP contribution in [0.5, 0.6) is 0 Å². The number of amidine groups is 1. The molecule has 1 saturated heterocycles. The van der Waals surface area contributed by atoms with Gasteiger partial charge in [-0.05, 0) is 12.8 Å². The second kappa shape index (κ2) is 4.69. The van der Waals surface area contributed by atoms with Gasteiger partial charge in [-0.1, -0.05) is 0 Å². The third-order valence-corrected chi connectivity index (χ3v) is 2.06. The number of hydrogen-bond donors (Lipinski definition) is 3. The van der Waals surface area contributed by atoms with Crippen LogP contribution in [0.2, 0.25) is 0 Å². The molecular formula is C8H16N4O. The van der Waals surface area contributed by atoms with Gasteiger partial charge in [0.2, 0.25) is 0 Å². The molecule has 1 aliphatic heterocycles. The molecule has 1 rings (SSSR count). The zero-order valence-electron chi connectivity index (χ0n) is 7.68. The first-order valence-corrected chi connectivity index (χ1v) is 4.56. The van der Waals surface area contributed by atoms with Crippen LogP contribution < -0.4 is 11.1 Å². The summed E-state index contributed by atoms with van der Waals surface area (Å²) in [4.78, 5) is 13.1. The molecule has 0 unspecified atom stereocenters. The maximum absolute atomic E-state index is 11.3. The lowest BCUT2D eigenvalue weighted by Gasteiger charge is -2.15. The maximum atomic E-state index is 11.3. The highest BCUT2D eigenvalue weighted by atomic mass is 16.2. The molecule has 2 amide bonds. The molecule has 0 spiro atoms. The topological polar surface area (TPSA) is 82.2 Å². The maximum Gasteiger partial charge on any atom is 0.317 e. The Kier molecular flexibility index (Phi) is 3.54. The summed E-state index contributed by atoms with van der Waals surface area (Å²) in [5, 5.41) is 9.68. The van der Waals surface area contributed by atoms with Crippen molar-refractivity contribution in [3.63, 3.8) is 0 Å². The molecule has 0 radical (unpaired) electrons. The molecule has 13 heavy (non-hydrogen) atoms. The van der Waals surface area contributed by atoms with Crippen molar-refractivity contribution in [2.24, 2.45) is 5.73 Å². The smallest absolute Gasteiger partial charge is 0.317 e. The van der Waals surface area contributed by atoms with Crippen molar-refractivity contribution >= 4 is 11.9 Å². The van der Waals surface area contributed by atoms with Crippen LogP contribution in [0.4, 0.5) is 4.79 Å². The Morgan fingerprint density at radius 3 is 2.62 bits per heavy atom. The lowest BCUT2D eigenvalue weighted by atomic mass is 10.4. The second-order valence-corrected chi connectivity index (χ2v) is 3.20. The van der Waals surface area contributed by atoms with Gasteiger partial charge >= 0.3 is 6.03 Å². The van der Waals surface area contributed by atoms with Crippen LogP contribution in [0.1, 0.15) is 19.3 Å². The Hall–Kier alpha value is -1.26. The third-order valence-electron chi connectivity index (χ3n) is 2.06. The lowest BCUT2D eigenvalue weighted by Crippen LogP contribution is -2.39. The van der Waals surface area contributed by atoms with Crippen molar-refractivity contribution in [3.8, 4) is 0 Å². The van der Waals surface area contributed by atoms with Crippen molar-refractivity contribution in [2.75, 3.05) is 19.6 Å². The first kappa shape index (κ1) is 9.83. The quantitative estimate of drug-likeness (QED) is 0.430. The molecule has 0 aromatic rings. The number of amides is 2. The Bertz CT molecular complexity index is 198. The third kappa shape index (κ3) is 3.31. The number of rotatable bonds is 3. The number of hydrogen-bond acceptors (Lipinski definition) is 2. The molecule has 1 aliphatic rings. The van der Waals surface area contributed by atoms with E-state index >= 15 is 0 Å². The number of carbonyl (C=O) groups is 1. The second-order valence-electron chi connectivity index (χ2n) is 3.20. The summed E-state index contributed by atoms with van der Waals surface area (Å²) >= 11 is 0. The zero-order valence-corrected chi connectivity index (χ0v) is 7.68. The van der Waals surface area contributed by atoms with Gasteiger partial charge in [-0.15, -0.1) is 0 Å². The highest BCUT2D eigenvalue weighted by molar-refractivity contribution is 5.78. The first-order chi connectivity index (χ1) is 6.20. The fourth-order valence-electron chi connectivity index (χ4n) is 1.34. The van der Waals surface area contributed by atoms with Gasteiger partial charge in [-0.25, -0.2) is 4.79 Å². The van der Waals surface area contributed by atoms with Crippen molar-refractivity contribution in [1.29, 1.82) is 5.41 Å². The Morgan fingerprint density at radius 2 is 2.08 bits per heavy atom. The van der Waals surface area contributed by atoms with E-state index in [0.717, 1.165) is 25.9 Å². The van der Waals surface area contributed by atoms with Gasteiger partial charge in [-0.3, -0.25) is 5.41 Å². The molecular weight excluding hydrogens is 168 g/mol. The van der Waals surface area contributed by atoms with Crippen LogP contribution in [-0.2, 0) is 0 Å². The van der Waals surface area contributed by atoms with E-state index in [1.807, 2.05) is 0 Å². The van der Waals surface area contributed by atoms with E-state index in [-0.39, 0.29) is 11.9 Å².